The zero-order valence-corrected chi connectivity index (χ0v) is 16.7. The number of fused-ring (bicyclic) bond motifs is 1. The van der Waals surface area contributed by atoms with Crippen molar-refractivity contribution in [1.29, 1.82) is 0 Å². The summed E-state index contributed by atoms with van der Waals surface area (Å²) < 4.78 is 12.4. The summed E-state index contributed by atoms with van der Waals surface area (Å²) in [7, 11) is 0. The lowest BCUT2D eigenvalue weighted by Gasteiger charge is -2.26. The Balaban J connectivity index is 1.49. The lowest BCUT2D eigenvalue weighted by atomic mass is 10.1. The summed E-state index contributed by atoms with van der Waals surface area (Å²) in [6.07, 6.45) is 1.55. The predicted molar refractivity (Wildman–Crippen MR) is 111 cm³/mol. The van der Waals surface area contributed by atoms with Crippen LogP contribution in [0.1, 0.15) is 16.1 Å². The van der Waals surface area contributed by atoms with E-state index in [1.807, 2.05) is 0 Å². The first-order valence-electron chi connectivity index (χ1n) is 9.49. The molecule has 1 fully saturated rings. The SMILES string of the molecule is O=C(NCCN1CCOCC1)c1ccc2c(=O)n(Cc3ccco3)c(=S)[nH]c2c1. The van der Waals surface area contributed by atoms with Crippen molar-refractivity contribution in [2.75, 3.05) is 39.4 Å². The third-order valence-electron chi connectivity index (χ3n) is 4.96. The molecule has 2 N–H and O–H groups in total. The summed E-state index contributed by atoms with van der Waals surface area (Å²) >= 11 is 5.34. The van der Waals surface area contributed by atoms with Gasteiger partial charge in [0.2, 0.25) is 0 Å². The van der Waals surface area contributed by atoms with E-state index in [1.165, 1.54) is 4.57 Å². The first kappa shape index (κ1) is 19.6. The summed E-state index contributed by atoms with van der Waals surface area (Å²) in [5.74, 6) is 0.460. The van der Waals surface area contributed by atoms with Crippen molar-refractivity contribution in [3.05, 3.63) is 63.0 Å². The fraction of sp³-hybridized carbons (Fsp3) is 0.350. The van der Waals surface area contributed by atoms with Crippen molar-refractivity contribution in [3.8, 4) is 0 Å². The molecule has 8 nitrogen and oxygen atoms in total. The van der Waals surface area contributed by atoms with Gasteiger partial charge in [-0.1, -0.05) is 0 Å². The number of hydrogen-bond acceptors (Lipinski definition) is 6. The van der Waals surface area contributed by atoms with Crippen LogP contribution < -0.4 is 10.9 Å². The summed E-state index contributed by atoms with van der Waals surface area (Å²) in [6, 6.07) is 8.52. The number of furan rings is 1. The molecule has 9 heteroatoms. The van der Waals surface area contributed by atoms with Gasteiger partial charge < -0.3 is 19.5 Å². The quantitative estimate of drug-likeness (QED) is 0.597. The van der Waals surface area contributed by atoms with Crippen molar-refractivity contribution in [2.45, 2.75) is 6.54 Å². The molecule has 0 unspecified atom stereocenters. The molecule has 3 heterocycles. The second-order valence-electron chi connectivity index (χ2n) is 6.87. The van der Waals surface area contributed by atoms with Crippen molar-refractivity contribution in [1.82, 2.24) is 19.8 Å². The minimum atomic E-state index is -0.223. The first-order chi connectivity index (χ1) is 14.1. The lowest BCUT2D eigenvalue weighted by molar-refractivity contribution is 0.0383. The average molecular weight is 414 g/mol. The van der Waals surface area contributed by atoms with E-state index in [2.05, 4.69) is 15.2 Å². The molecule has 1 amide bonds. The zero-order chi connectivity index (χ0) is 20.2. The number of carbonyl (C=O) groups is 1. The lowest BCUT2D eigenvalue weighted by Crippen LogP contribution is -2.41. The fourth-order valence-corrected chi connectivity index (χ4v) is 3.61. The van der Waals surface area contributed by atoms with Gasteiger partial charge in [0, 0.05) is 31.7 Å². The minimum Gasteiger partial charge on any atom is -0.467 e. The number of hydrogen-bond donors (Lipinski definition) is 2. The molecule has 152 valence electrons. The maximum Gasteiger partial charge on any atom is 0.262 e. The van der Waals surface area contributed by atoms with Crippen LogP contribution in [0, 0.1) is 4.77 Å². The highest BCUT2D eigenvalue weighted by Crippen LogP contribution is 2.12. The van der Waals surface area contributed by atoms with Gasteiger partial charge in [-0.25, -0.2) is 0 Å². The molecule has 1 saturated heterocycles. The number of nitrogens with zero attached hydrogens (tertiary/aromatic N) is 2. The number of morpholine rings is 1. The number of H-pyrrole nitrogens is 1. The third kappa shape index (κ3) is 4.47. The highest BCUT2D eigenvalue weighted by atomic mass is 32.1. The number of carbonyl (C=O) groups excluding carboxylic acids is 1. The minimum absolute atomic E-state index is 0.181. The molecular formula is C20H22N4O4S. The van der Waals surface area contributed by atoms with Crippen LogP contribution in [0.25, 0.3) is 10.9 Å². The molecule has 0 atom stereocenters. The van der Waals surface area contributed by atoms with Gasteiger partial charge in [0.25, 0.3) is 11.5 Å². The zero-order valence-electron chi connectivity index (χ0n) is 15.8. The van der Waals surface area contributed by atoms with Gasteiger partial charge in [-0.15, -0.1) is 0 Å². The van der Waals surface area contributed by atoms with E-state index in [-0.39, 0.29) is 22.8 Å². The highest BCUT2D eigenvalue weighted by Gasteiger charge is 2.13. The van der Waals surface area contributed by atoms with E-state index in [0.717, 1.165) is 32.8 Å². The Labute approximate surface area is 172 Å². The molecule has 1 aliphatic rings. The van der Waals surface area contributed by atoms with Gasteiger partial charge in [-0.05, 0) is 42.5 Å². The maximum atomic E-state index is 12.8. The summed E-state index contributed by atoms with van der Waals surface area (Å²) in [4.78, 5) is 30.6. The molecule has 0 saturated carbocycles. The van der Waals surface area contributed by atoms with Crippen LogP contribution in [-0.2, 0) is 11.3 Å². The Kier molecular flexibility index (Phi) is 5.89. The van der Waals surface area contributed by atoms with E-state index in [1.54, 1.807) is 36.6 Å². The van der Waals surface area contributed by atoms with E-state index in [9.17, 15) is 9.59 Å². The number of benzene rings is 1. The maximum absolute atomic E-state index is 12.8. The number of ether oxygens (including phenoxy) is 1. The second kappa shape index (κ2) is 8.73. The standard InChI is InChI=1S/C20H22N4O4S/c25-18(21-5-6-23-7-10-27-11-8-23)14-3-4-16-17(12-14)22-20(29)24(19(16)26)13-15-2-1-9-28-15/h1-4,9,12H,5-8,10-11,13H2,(H,21,25)(H,22,29). The molecule has 2 aromatic heterocycles. The van der Waals surface area contributed by atoms with Crippen LogP contribution in [0.2, 0.25) is 0 Å². The molecule has 0 aliphatic carbocycles. The monoisotopic (exact) mass is 414 g/mol. The Hall–Kier alpha value is -2.75. The van der Waals surface area contributed by atoms with Crippen LogP contribution in [-0.4, -0.2) is 59.8 Å². The molecule has 3 aromatic rings. The van der Waals surface area contributed by atoms with Gasteiger partial charge in [-0.2, -0.15) is 0 Å². The van der Waals surface area contributed by atoms with Crippen LogP contribution in [0.15, 0.2) is 45.8 Å². The number of aromatic amines is 1. The normalized spacial score (nSPS) is 14.9. The largest absolute Gasteiger partial charge is 0.467 e. The van der Waals surface area contributed by atoms with E-state index in [0.29, 0.717) is 28.8 Å². The molecule has 1 aliphatic heterocycles. The summed E-state index contributed by atoms with van der Waals surface area (Å²) in [5.41, 5.74) is 0.796. The second-order valence-corrected chi connectivity index (χ2v) is 7.26. The van der Waals surface area contributed by atoms with Crippen LogP contribution in [0.5, 0.6) is 0 Å². The topological polar surface area (TPSA) is 92.5 Å². The van der Waals surface area contributed by atoms with Crippen LogP contribution >= 0.6 is 12.2 Å². The van der Waals surface area contributed by atoms with Gasteiger partial charge in [-0.3, -0.25) is 19.1 Å². The van der Waals surface area contributed by atoms with E-state index >= 15 is 0 Å². The van der Waals surface area contributed by atoms with Crippen molar-refractivity contribution < 1.29 is 13.9 Å². The van der Waals surface area contributed by atoms with E-state index in [4.69, 9.17) is 21.4 Å². The first-order valence-corrected chi connectivity index (χ1v) is 9.90. The number of amides is 1. The molecule has 29 heavy (non-hydrogen) atoms. The number of aromatic nitrogens is 2. The van der Waals surface area contributed by atoms with Gasteiger partial charge in [0.1, 0.15) is 5.76 Å². The molecule has 0 bridgehead atoms. The van der Waals surface area contributed by atoms with Crippen molar-refractivity contribution in [2.24, 2.45) is 0 Å². The van der Waals surface area contributed by atoms with Gasteiger partial charge >= 0.3 is 0 Å². The van der Waals surface area contributed by atoms with Crippen LogP contribution in [0.3, 0.4) is 0 Å². The van der Waals surface area contributed by atoms with E-state index < -0.39 is 0 Å². The Bertz CT molecular complexity index is 1110. The Morgan fingerprint density at radius 3 is 2.83 bits per heavy atom. The number of rotatable bonds is 6. The Morgan fingerprint density at radius 2 is 2.07 bits per heavy atom. The Morgan fingerprint density at radius 1 is 1.24 bits per heavy atom. The highest BCUT2D eigenvalue weighted by molar-refractivity contribution is 7.71. The van der Waals surface area contributed by atoms with Gasteiger partial charge in [0.05, 0.1) is 36.9 Å². The molecule has 0 spiro atoms. The molecule has 4 rings (SSSR count). The summed E-state index contributed by atoms with van der Waals surface area (Å²) in [5, 5.41) is 3.39. The van der Waals surface area contributed by atoms with Crippen LogP contribution in [0.4, 0.5) is 0 Å². The average Bonchev–Trinajstić information content (AvgIpc) is 3.25. The van der Waals surface area contributed by atoms with Crippen molar-refractivity contribution in [3.63, 3.8) is 0 Å². The van der Waals surface area contributed by atoms with Gasteiger partial charge in [0.15, 0.2) is 4.77 Å². The predicted octanol–water partition coefficient (Wildman–Crippen LogP) is 1.76. The third-order valence-corrected chi connectivity index (χ3v) is 5.28. The smallest absolute Gasteiger partial charge is 0.262 e. The van der Waals surface area contributed by atoms with Crippen molar-refractivity contribution >= 4 is 29.0 Å². The molecular weight excluding hydrogens is 392 g/mol. The number of nitrogens with one attached hydrogen (secondary N) is 2. The summed E-state index contributed by atoms with van der Waals surface area (Å²) in [6.45, 7) is 4.81. The molecule has 1 aromatic carbocycles. The fourth-order valence-electron chi connectivity index (χ4n) is 3.35. The molecule has 0 radical (unpaired) electrons.